The second kappa shape index (κ2) is 7.97. The first-order valence-electron chi connectivity index (χ1n) is 6.89. The first-order valence-corrected chi connectivity index (χ1v) is 8.54. The van der Waals surface area contributed by atoms with Gasteiger partial charge in [-0.1, -0.05) is 12.1 Å². The Labute approximate surface area is 125 Å². The number of nitrogens with one attached hydrogen (secondary N) is 2. The molecule has 0 aliphatic rings. The second-order valence-corrected chi connectivity index (χ2v) is 6.89. The Bertz CT molecular complexity index is 586. The van der Waals surface area contributed by atoms with Gasteiger partial charge in [-0.25, -0.2) is 12.8 Å². The topological polar surface area (TPSA) is 70.6 Å². The molecule has 0 unspecified atom stereocenters. The highest BCUT2D eigenvalue weighted by Crippen LogP contribution is 2.14. The number of halogens is 1. The summed E-state index contributed by atoms with van der Waals surface area (Å²) >= 11 is 0. The number of benzene rings is 1. The number of hydrogen-bond donors (Lipinski definition) is 2. The zero-order chi connectivity index (χ0) is 15.9. The van der Waals surface area contributed by atoms with Crippen LogP contribution in [0, 0.1) is 5.82 Å². The average Bonchev–Trinajstić information content (AvgIpc) is 2.38. The highest BCUT2D eigenvalue weighted by Gasteiger charge is 2.18. The van der Waals surface area contributed by atoms with Crippen LogP contribution >= 0.6 is 0 Å². The lowest BCUT2D eigenvalue weighted by Gasteiger charge is -2.13. The average molecular weight is 315 g/mol. The van der Waals surface area contributed by atoms with Crippen LogP contribution in [0.4, 0.5) is 4.39 Å². The molecule has 7 heteroatoms. The highest BCUT2D eigenvalue weighted by atomic mass is 32.2. The molecule has 0 spiro atoms. The van der Waals surface area contributed by atoms with Crippen molar-refractivity contribution in [1.29, 1.82) is 0 Å². The van der Waals surface area contributed by atoms with E-state index in [0.717, 1.165) is 6.07 Å². The maximum absolute atomic E-state index is 13.5. The van der Waals surface area contributed by atoms with E-state index in [0.29, 0.717) is 12.5 Å². The van der Waals surface area contributed by atoms with Gasteiger partial charge in [-0.15, -0.1) is 0 Å². The van der Waals surface area contributed by atoms with Crippen LogP contribution in [0.5, 0.6) is 0 Å². The zero-order valence-corrected chi connectivity index (χ0v) is 13.4. The van der Waals surface area contributed by atoms with Crippen molar-refractivity contribution >= 4 is 15.8 Å². The summed E-state index contributed by atoms with van der Waals surface area (Å²) in [7, 11) is -3.67. The molecule has 5 nitrogen and oxygen atoms in total. The smallest absolute Gasteiger partial charge is 0.191 e. The molecule has 0 aromatic heterocycles. The summed E-state index contributed by atoms with van der Waals surface area (Å²) in [6.07, 6.45) is 0. The van der Waals surface area contributed by atoms with Gasteiger partial charge in [0.2, 0.25) is 0 Å². The first kappa shape index (κ1) is 17.4. The van der Waals surface area contributed by atoms with E-state index in [1.807, 2.05) is 20.8 Å². The van der Waals surface area contributed by atoms with E-state index in [-0.39, 0.29) is 23.2 Å². The van der Waals surface area contributed by atoms with Crippen molar-refractivity contribution < 1.29 is 12.8 Å². The van der Waals surface area contributed by atoms with E-state index >= 15 is 0 Å². The van der Waals surface area contributed by atoms with Gasteiger partial charge >= 0.3 is 0 Å². The van der Waals surface area contributed by atoms with E-state index in [1.165, 1.54) is 18.2 Å². The summed E-state index contributed by atoms with van der Waals surface area (Å²) in [5.41, 5.74) is 0. The van der Waals surface area contributed by atoms with Crippen LogP contribution in [0.25, 0.3) is 0 Å². The number of rotatable bonds is 6. The molecule has 1 aromatic carbocycles. The third-order valence-corrected chi connectivity index (χ3v) is 4.29. The van der Waals surface area contributed by atoms with E-state index in [1.54, 1.807) is 0 Å². The molecule has 0 saturated carbocycles. The normalized spacial score (nSPS) is 12.5. The Hall–Kier alpha value is -1.63. The third kappa shape index (κ3) is 5.71. The van der Waals surface area contributed by atoms with Crippen LogP contribution in [-0.2, 0) is 9.84 Å². The molecule has 2 N–H and O–H groups in total. The minimum absolute atomic E-state index is 0.0682. The fourth-order valence-electron chi connectivity index (χ4n) is 1.68. The molecule has 1 rings (SSSR count). The van der Waals surface area contributed by atoms with Crippen LogP contribution in [0.3, 0.4) is 0 Å². The largest absolute Gasteiger partial charge is 0.357 e. The number of hydrogen-bond acceptors (Lipinski definition) is 3. The molecule has 0 fully saturated rings. The van der Waals surface area contributed by atoms with E-state index in [9.17, 15) is 12.8 Å². The van der Waals surface area contributed by atoms with Crippen LogP contribution in [-0.4, -0.2) is 39.3 Å². The van der Waals surface area contributed by atoms with Gasteiger partial charge in [0.1, 0.15) is 10.7 Å². The fraction of sp³-hybridized carbons (Fsp3) is 0.500. The maximum Gasteiger partial charge on any atom is 0.191 e. The summed E-state index contributed by atoms with van der Waals surface area (Å²) in [6, 6.07) is 5.56. The van der Waals surface area contributed by atoms with Crippen LogP contribution in [0.1, 0.15) is 20.8 Å². The van der Waals surface area contributed by atoms with E-state index < -0.39 is 15.7 Å². The van der Waals surface area contributed by atoms with Crippen LogP contribution < -0.4 is 10.6 Å². The molecule has 0 aliphatic carbocycles. The van der Waals surface area contributed by atoms with Crippen molar-refractivity contribution in [2.75, 3.05) is 18.8 Å². The molecule has 21 heavy (non-hydrogen) atoms. The lowest BCUT2D eigenvalue weighted by Crippen LogP contribution is -2.41. The van der Waals surface area contributed by atoms with Crippen LogP contribution in [0.2, 0.25) is 0 Å². The van der Waals surface area contributed by atoms with Crippen molar-refractivity contribution in [3.8, 4) is 0 Å². The second-order valence-electron chi connectivity index (χ2n) is 4.81. The number of aliphatic imine (C=N–C) groups is 1. The zero-order valence-electron chi connectivity index (χ0n) is 12.6. The van der Waals surface area contributed by atoms with E-state index in [2.05, 4.69) is 15.6 Å². The quantitative estimate of drug-likeness (QED) is 0.617. The summed E-state index contributed by atoms with van der Waals surface area (Å²) in [4.78, 5) is 3.91. The Morgan fingerprint density at radius 1 is 1.33 bits per heavy atom. The first-order chi connectivity index (χ1) is 9.86. The van der Waals surface area contributed by atoms with Crippen molar-refractivity contribution in [3.63, 3.8) is 0 Å². The van der Waals surface area contributed by atoms with Crippen molar-refractivity contribution in [3.05, 3.63) is 30.1 Å². The standard InChI is InChI=1S/C14H22FN3O2S/c1-4-16-14(18-11(2)3)17-9-10-21(19,20)13-8-6-5-7-12(13)15/h5-8,11H,4,9-10H2,1-3H3,(H2,16,17,18). The van der Waals surface area contributed by atoms with Crippen molar-refractivity contribution in [1.82, 2.24) is 10.6 Å². The minimum atomic E-state index is -3.67. The molecule has 0 aliphatic heterocycles. The Balaban J connectivity index is 2.75. The van der Waals surface area contributed by atoms with Gasteiger partial charge in [-0.2, -0.15) is 0 Å². The predicted octanol–water partition coefficient (Wildman–Crippen LogP) is 1.56. The van der Waals surface area contributed by atoms with Gasteiger partial charge in [0.25, 0.3) is 0 Å². The lowest BCUT2D eigenvalue weighted by atomic mass is 10.3. The summed E-state index contributed by atoms with van der Waals surface area (Å²) in [6.45, 7) is 6.59. The molecular weight excluding hydrogens is 293 g/mol. The van der Waals surface area contributed by atoms with Gasteiger partial charge in [-0.3, -0.25) is 4.99 Å². The maximum atomic E-state index is 13.5. The summed E-state index contributed by atoms with van der Waals surface area (Å²) < 4.78 is 37.7. The fourth-order valence-corrected chi connectivity index (χ4v) is 2.88. The van der Waals surface area contributed by atoms with Gasteiger partial charge in [0.15, 0.2) is 15.8 Å². The number of nitrogens with zero attached hydrogens (tertiary/aromatic N) is 1. The SMILES string of the molecule is CCNC(=NCCS(=O)(=O)c1ccccc1F)NC(C)C. The number of sulfone groups is 1. The highest BCUT2D eigenvalue weighted by molar-refractivity contribution is 7.91. The van der Waals surface area contributed by atoms with Crippen molar-refractivity contribution in [2.45, 2.75) is 31.7 Å². The molecule has 0 atom stereocenters. The minimum Gasteiger partial charge on any atom is -0.357 e. The molecular formula is C14H22FN3O2S. The van der Waals surface area contributed by atoms with Gasteiger partial charge in [0.05, 0.1) is 12.3 Å². The Morgan fingerprint density at radius 2 is 2.00 bits per heavy atom. The monoisotopic (exact) mass is 315 g/mol. The molecule has 0 bridgehead atoms. The summed E-state index contributed by atoms with van der Waals surface area (Å²) in [5, 5.41) is 6.11. The number of guanidine groups is 1. The molecule has 0 radical (unpaired) electrons. The lowest BCUT2D eigenvalue weighted by molar-refractivity contribution is 0.567. The van der Waals surface area contributed by atoms with Gasteiger partial charge in [-0.05, 0) is 32.9 Å². The van der Waals surface area contributed by atoms with Crippen LogP contribution in [0.15, 0.2) is 34.2 Å². The van der Waals surface area contributed by atoms with E-state index in [4.69, 9.17) is 0 Å². The Morgan fingerprint density at radius 3 is 2.57 bits per heavy atom. The van der Waals surface area contributed by atoms with Gasteiger partial charge in [0, 0.05) is 12.6 Å². The Kier molecular flexibility index (Phi) is 6.61. The summed E-state index contributed by atoms with van der Waals surface area (Å²) in [5.74, 6) is -0.410. The molecule has 0 saturated heterocycles. The molecule has 118 valence electrons. The molecule has 1 aromatic rings. The van der Waals surface area contributed by atoms with Crippen molar-refractivity contribution in [2.24, 2.45) is 4.99 Å². The van der Waals surface area contributed by atoms with Gasteiger partial charge < -0.3 is 10.6 Å². The predicted molar refractivity (Wildman–Crippen MR) is 82.7 cm³/mol. The molecule has 0 amide bonds. The third-order valence-electron chi connectivity index (χ3n) is 2.57. The molecule has 0 heterocycles.